The van der Waals surface area contributed by atoms with Gasteiger partial charge in [-0.15, -0.1) is 11.3 Å². The maximum Gasteiger partial charge on any atom is 0.387 e. The second kappa shape index (κ2) is 5.94. The van der Waals surface area contributed by atoms with E-state index in [9.17, 15) is 8.78 Å². The first-order valence-corrected chi connectivity index (χ1v) is 6.29. The van der Waals surface area contributed by atoms with Gasteiger partial charge in [0.15, 0.2) is 11.5 Å². The van der Waals surface area contributed by atoms with E-state index in [4.69, 9.17) is 10.5 Å². The number of hydrogen-bond acceptors (Lipinski definition) is 5. The molecule has 0 radical (unpaired) electrons. The van der Waals surface area contributed by atoms with Crippen LogP contribution in [0, 0.1) is 0 Å². The maximum absolute atomic E-state index is 12.3. The van der Waals surface area contributed by atoms with E-state index in [1.807, 2.05) is 5.38 Å². The fourth-order valence-corrected chi connectivity index (χ4v) is 2.36. The maximum atomic E-state index is 12.3. The standard InChI is InChI=1S/C12H12F2N2O2S/c1-17-9-3-2-7(4-10(9)18-12(13)14)11-16-8(5-15)6-19-11/h2-4,6,12H,5,15H2,1H3. The molecule has 7 heteroatoms. The molecular weight excluding hydrogens is 274 g/mol. The molecule has 0 aliphatic rings. The Bertz CT molecular complexity index is 560. The Kier molecular flexibility index (Phi) is 4.28. The van der Waals surface area contributed by atoms with Crippen LogP contribution in [0.1, 0.15) is 5.69 Å². The quantitative estimate of drug-likeness (QED) is 0.918. The lowest BCUT2D eigenvalue weighted by atomic mass is 10.2. The lowest BCUT2D eigenvalue weighted by Gasteiger charge is -2.10. The number of nitrogens with zero attached hydrogens (tertiary/aromatic N) is 1. The van der Waals surface area contributed by atoms with Gasteiger partial charge in [-0.1, -0.05) is 0 Å². The second-order valence-electron chi connectivity index (χ2n) is 3.59. The molecule has 0 aliphatic carbocycles. The van der Waals surface area contributed by atoms with Crippen LogP contribution < -0.4 is 15.2 Å². The van der Waals surface area contributed by atoms with E-state index in [1.165, 1.54) is 24.5 Å². The molecule has 0 saturated heterocycles. The van der Waals surface area contributed by atoms with Crippen LogP contribution in [0.2, 0.25) is 0 Å². The fourth-order valence-electron chi connectivity index (χ4n) is 1.53. The first-order chi connectivity index (χ1) is 9.13. The summed E-state index contributed by atoms with van der Waals surface area (Å²) in [6.07, 6.45) is 0. The molecule has 0 aliphatic heterocycles. The number of benzene rings is 1. The van der Waals surface area contributed by atoms with E-state index in [1.54, 1.807) is 12.1 Å². The number of aromatic nitrogens is 1. The highest BCUT2D eigenvalue weighted by Gasteiger charge is 2.13. The number of methoxy groups -OCH3 is 1. The van der Waals surface area contributed by atoms with Gasteiger partial charge in [0.05, 0.1) is 12.8 Å². The Hall–Kier alpha value is -1.73. The molecule has 2 N–H and O–H groups in total. The highest BCUT2D eigenvalue weighted by atomic mass is 32.1. The zero-order valence-electron chi connectivity index (χ0n) is 10.1. The molecule has 1 aromatic carbocycles. The van der Waals surface area contributed by atoms with Gasteiger partial charge in [0.25, 0.3) is 0 Å². The van der Waals surface area contributed by atoms with Crippen molar-refractivity contribution < 1.29 is 18.3 Å². The average molecular weight is 286 g/mol. The molecule has 0 amide bonds. The zero-order chi connectivity index (χ0) is 13.8. The number of rotatable bonds is 5. The molecule has 1 aromatic heterocycles. The predicted octanol–water partition coefficient (Wildman–Crippen LogP) is 2.88. The molecule has 0 unspecified atom stereocenters. The van der Waals surface area contributed by atoms with Crippen LogP contribution in [0.5, 0.6) is 11.5 Å². The molecule has 0 fully saturated rings. The highest BCUT2D eigenvalue weighted by Crippen LogP contribution is 2.34. The van der Waals surface area contributed by atoms with Crippen LogP contribution in [0.15, 0.2) is 23.6 Å². The van der Waals surface area contributed by atoms with Crippen molar-refractivity contribution in [3.8, 4) is 22.1 Å². The van der Waals surface area contributed by atoms with Crippen LogP contribution in [-0.4, -0.2) is 18.7 Å². The average Bonchev–Trinajstić information content (AvgIpc) is 2.86. The Balaban J connectivity index is 2.36. The minimum absolute atomic E-state index is 0.0144. The normalized spacial score (nSPS) is 10.8. The van der Waals surface area contributed by atoms with Crippen molar-refractivity contribution in [2.75, 3.05) is 7.11 Å². The van der Waals surface area contributed by atoms with Gasteiger partial charge in [0.2, 0.25) is 0 Å². The van der Waals surface area contributed by atoms with Crippen LogP contribution in [0.25, 0.3) is 10.6 Å². The van der Waals surface area contributed by atoms with Crippen molar-refractivity contribution >= 4 is 11.3 Å². The Morgan fingerprint density at radius 3 is 2.74 bits per heavy atom. The Morgan fingerprint density at radius 1 is 1.37 bits per heavy atom. The minimum atomic E-state index is -2.90. The predicted molar refractivity (Wildman–Crippen MR) is 68.6 cm³/mol. The lowest BCUT2D eigenvalue weighted by Crippen LogP contribution is -2.03. The summed E-state index contributed by atoms with van der Waals surface area (Å²) in [4.78, 5) is 4.28. The number of halogens is 2. The largest absolute Gasteiger partial charge is 0.493 e. The van der Waals surface area contributed by atoms with Gasteiger partial charge in [0, 0.05) is 17.5 Å². The van der Waals surface area contributed by atoms with Crippen molar-refractivity contribution in [2.24, 2.45) is 5.73 Å². The van der Waals surface area contributed by atoms with Gasteiger partial charge in [0.1, 0.15) is 5.01 Å². The summed E-state index contributed by atoms with van der Waals surface area (Å²) in [7, 11) is 1.39. The molecule has 0 spiro atoms. The number of alkyl halides is 2. The molecule has 19 heavy (non-hydrogen) atoms. The third-order valence-electron chi connectivity index (χ3n) is 2.39. The smallest absolute Gasteiger partial charge is 0.387 e. The van der Waals surface area contributed by atoms with Gasteiger partial charge in [-0.25, -0.2) is 4.98 Å². The fraction of sp³-hybridized carbons (Fsp3) is 0.250. The van der Waals surface area contributed by atoms with E-state index >= 15 is 0 Å². The topological polar surface area (TPSA) is 57.4 Å². The van der Waals surface area contributed by atoms with Crippen molar-refractivity contribution in [3.05, 3.63) is 29.3 Å². The van der Waals surface area contributed by atoms with E-state index in [0.29, 0.717) is 17.1 Å². The number of hydrogen-bond donors (Lipinski definition) is 1. The lowest BCUT2D eigenvalue weighted by molar-refractivity contribution is -0.0511. The van der Waals surface area contributed by atoms with Crippen LogP contribution >= 0.6 is 11.3 Å². The van der Waals surface area contributed by atoms with Crippen molar-refractivity contribution in [2.45, 2.75) is 13.2 Å². The van der Waals surface area contributed by atoms with Gasteiger partial charge < -0.3 is 15.2 Å². The molecule has 2 aromatic rings. The van der Waals surface area contributed by atoms with E-state index in [-0.39, 0.29) is 11.5 Å². The van der Waals surface area contributed by atoms with Crippen LogP contribution in [-0.2, 0) is 6.54 Å². The monoisotopic (exact) mass is 286 g/mol. The highest BCUT2D eigenvalue weighted by molar-refractivity contribution is 7.13. The van der Waals surface area contributed by atoms with E-state index < -0.39 is 6.61 Å². The summed E-state index contributed by atoms with van der Waals surface area (Å²) in [5.41, 5.74) is 6.92. The summed E-state index contributed by atoms with van der Waals surface area (Å²) in [6.45, 7) is -2.56. The van der Waals surface area contributed by atoms with Gasteiger partial charge in [-0.2, -0.15) is 8.78 Å². The molecule has 102 valence electrons. The Morgan fingerprint density at radius 2 is 2.16 bits per heavy atom. The first-order valence-electron chi connectivity index (χ1n) is 5.41. The SMILES string of the molecule is COc1ccc(-c2nc(CN)cs2)cc1OC(F)F. The third-order valence-corrected chi connectivity index (χ3v) is 3.33. The molecule has 1 heterocycles. The molecule has 4 nitrogen and oxygen atoms in total. The van der Waals surface area contributed by atoms with Crippen molar-refractivity contribution in [3.63, 3.8) is 0 Å². The second-order valence-corrected chi connectivity index (χ2v) is 4.45. The number of nitrogens with two attached hydrogens (primary N) is 1. The van der Waals surface area contributed by atoms with E-state index in [0.717, 1.165) is 5.69 Å². The zero-order valence-corrected chi connectivity index (χ0v) is 10.9. The van der Waals surface area contributed by atoms with Crippen LogP contribution in [0.4, 0.5) is 8.78 Å². The summed E-state index contributed by atoms with van der Waals surface area (Å²) in [6, 6.07) is 4.77. The summed E-state index contributed by atoms with van der Waals surface area (Å²) >= 11 is 1.39. The van der Waals surface area contributed by atoms with Gasteiger partial charge in [-0.05, 0) is 18.2 Å². The Labute approximate surface area is 112 Å². The van der Waals surface area contributed by atoms with Crippen molar-refractivity contribution in [1.82, 2.24) is 4.98 Å². The molecule has 2 rings (SSSR count). The minimum Gasteiger partial charge on any atom is -0.493 e. The number of thiazole rings is 1. The van der Waals surface area contributed by atoms with E-state index in [2.05, 4.69) is 9.72 Å². The third kappa shape index (κ3) is 3.18. The van der Waals surface area contributed by atoms with Gasteiger partial charge >= 0.3 is 6.61 Å². The summed E-state index contributed by atoms with van der Waals surface area (Å²) in [5.74, 6) is 0.235. The van der Waals surface area contributed by atoms with Gasteiger partial charge in [-0.3, -0.25) is 0 Å². The molecular formula is C12H12F2N2O2S. The van der Waals surface area contributed by atoms with Crippen molar-refractivity contribution in [1.29, 1.82) is 0 Å². The molecule has 0 saturated carbocycles. The molecule has 0 atom stereocenters. The molecule has 0 bridgehead atoms. The summed E-state index contributed by atoms with van der Waals surface area (Å²) < 4.78 is 34.0. The first kappa shape index (κ1) is 13.7. The van der Waals surface area contributed by atoms with Crippen LogP contribution in [0.3, 0.4) is 0 Å². The summed E-state index contributed by atoms with van der Waals surface area (Å²) in [5, 5.41) is 2.52. The number of ether oxygens (including phenoxy) is 2.